The van der Waals surface area contributed by atoms with Gasteiger partial charge >= 0.3 is 0 Å². The summed E-state index contributed by atoms with van der Waals surface area (Å²) in [5, 5.41) is 12.2. The standard InChI is InChI=1S/C18H19N3O4/c1-10(22)9-19-15-14(16(23)17(15)24)13-11(2)20(3)21(18(13)25)12-7-5-4-6-8-12/h4-8,10,19,22H,9H2,1-3H3. The second-order valence-corrected chi connectivity index (χ2v) is 6.07. The van der Waals surface area contributed by atoms with Crippen molar-refractivity contribution in [2.24, 2.45) is 7.05 Å². The van der Waals surface area contributed by atoms with E-state index in [1.165, 1.54) is 4.68 Å². The third kappa shape index (κ3) is 2.62. The number of aliphatic hydroxyl groups excluding tert-OH is 1. The van der Waals surface area contributed by atoms with Crippen molar-refractivity contribution in [2.75, 3.05) is 11.9 Å². The summed E-state index contributed by atoms with van der Waals surface area (Å²) in [6.45, 7) is 3.41. The fourth-order valence-electron chi connectivity index (χ4n) is 2.90. The van der Waals surface area contributed by atoms with Gasteiger partial charge in [0.1, 0.15) is 0 Å². The van der Waals surface area contributed by atoms with E-state index in [0.29, 0.717) is 11.4 Å². The summed E-state index contributed by atoms with van der Waals surface area (Å²) in [7, 11) is 1.72. The predicted octanol–water partition coefficient (Wildman–Crippen LogP) is 0.540. The van der Waals surface area contributed by atoms with E-state index in [1.807, 2.05) is 18.2 Å². The molecule has 0 saturated carbocycles. The fraction of sp³-hybridized carbons (Fsp3) is 0.278. The molecule has 130 valence electrons. The summed E-state index contributed by atoms with van der Waals surface area (Å²) in [6.07, 6.45) is -0.685. The number of nitrogens with one attached hydrogen (secondary N) is 1. The Morgan fingerprint density at radius 2 is 1.72 bits per heavy atom. The molecule has 3 rings (SSSR count). The van der Waals surface area contributed by atoms with Crippen LogP contribution < -0.4 is 21.7 Å². The first-order valence-electron chi connectivity index (χ1n) is 7.94. The molecule has 0 radical (unpaired) electrons. The van der Waals surface area contributed by atoms with E-state index in [4.69, 9.17) is 0 Å². The molecule has 1 heterocycles. The Bertz CT molecular complexity index is 1050. The van der Waals surface area contributed by atoms with Gasteiger partial charge in [-0.05, 0) is 26.0 Å². The minimum Gasteiger partial charge on any atom is -0.392 e. The maximum absolute atomic E-state index is 12.9. The van der Waals surface area contributed by atoms with Crippen molar-refractivity contribution in [1.82, 2.24) is 9.36 Å². The van der Waals surface area contributed by atoms with Gasteiger partial charge in [0, 0.05) is 19.3 Å². The molecular weight excluding hydrogens is 322 g/mol. The van der Waals surface area contributed by atoms with Crippen molar-refractivity contribution in [2.45, 2.75) is 20.0 Å². The van der Waals surface area contributed by atoms with Gasteiger partial charge in [0.15, 0.2) is 0 Å². The van der Waals surface area contributed by atoms with E-state index in [-0.39, 0.29) is 28.9 Å². The molecule has 3 aromatic rings. The Balaban J connectivity index is 2.18. The zero-order valence-corrected chi connectivity index (χ0v) is 14.2. The van der Waals surface area contributed by atoms with Crippen molar-refractivity contribution >= 4 is 5.69 Å². The van der Waals surface area contributed by atoms with Crippen LogP contribution in [0.4, 0.5) is 5.69 Å². The summed E-state index contributed by atoms with van der Waals surface area (Å²) in [4.78, 5) is 36.9. The molecule has 0 aliphatic carbocycles. The number of hydrogen-bond donors (Lipinski definition) is 2. The summed E-state index contributed by atoms with van der Waals surface area (Å²) in [5.74, 6) is 0. The lowest BCUT2D eigenvalue weighted by Gasteiger charge is -2.13. The fourth-order valence-corrected chi connectivity index (χ4v) is 2.90. The number of para-hydroxylation sites is 1. The molecule has 0 saturated heterocycles. The maximum atomic E-state index is 12.9. The number of anilines is 1. The third-order valence-corrected chi connectivity index (χ3v) is 4.29. The highest BCUT2D eigenvalue weighted by atomic mass is 16.3. The summed E-state index contributed by atoms with van der Waals surface area (Å²) in [6, 6.07) is 9.06. The molecular formula is C18H19N3O4. The molecule has 0 spiro atoms. The molecule has 0 amide bonds. The zero-order valence-electron chi connectivity index (χ0n) is 14.2. The second kappa shape index (κ2) is 6.18. The molecule has 2 N–H and O–H groups in total. The lowest BCUT2D eigenvalue weighted by molar-refractivity contribution is 0.208. The smallest absolute Gasteiger partial charge is 0.279 e. The Morgan fingerprint density at radius 3 is 2.32 bits per heavy atom. The summed E-state index contributed by atoms with van der Waals surface area (Å²) in [5.41, 5.74) is -0.0518. The molecule has 0 fully saturated rings. The first kappa shape index (κ1) is 16.9. The molecule has 25 heavy (non-hydrogen) atoms. The monoisotopic (exact) mass is 341 g/mol. The molecule has 7 nitrogen and oxygen atoms in total. The molecule has 0 aliphatic rings. The highest BCUT2D eigenvalue weighted by Crippen LogP contribution is 2.25. The van der Waals surface area contributed by atoms with Gasteiger partial charge in [0.25, 0.3) is 5.56 Å². The Hall–Kier alpha value is -2.93. The summed E-state index contributed by atoms with van der Waals surface area (Å²) >= 11 is 0. The van der Waals surface area contributed by atoms with Gasteiger partial charge < -0.3 is 10.4 Å². The van der Waals surface area contributed by atoms with E-state index in [1.54, 1.807) is 37.7 Å². The first-order chi connectivity index (χ1) is 11.8. The van der Waals surface area contributed by atoms with Gasteiger partial charge in [-0.3, -0.25) is 19.1 Å². The maximum Gasteiger partial charge on any atom is 0.279 e. The quantitative estimate of drug-likeness (QED) is 0.661. The Labute approximate surface area is 143 Å². The normalized spacial score (nSPS) is 12.5. The van der Waals surface area contributed by atoms with Crippen LogP contribution in [0.25, 0.3) is 16.8 Å². The third-order valence-electron chi connectivity index (χ3n) is 4.29. The lowest BCUT2D eigenvalue weighted by Crippen LogP contribution is -2.38. The summed E-state index contributed by atoms with van der Waals surface area (Å²) < 4.78 is 3.11. The number of benzene rings is 1. The van der Waals surface area contributed by atoms with Crippen LogP contribution in [0.1, 0.15) is 12.6 Å². The lowest BCUT2D eigenvalue weighted by atomic mass is 9.99. The van der Waals surface area contributed by atoms with Crippen LogP contribution in [0.15, 0.2) is 44.7 Å². The van der Waals surface area contributed by atoms with Gasteiger partial charge in [-0.2, -0.15) is 0 Å². The largest absolute Gasteiger partial charge is 0.392 e. The topological polar surface area (TPSA) is 93.3 Å². The number of aromatic nitrogens is 2. The van der Waals surface area contributed by atoms with Crippen LogP contribution in [0.2, 0.25) is 0 Å². The van der Waals surface area contributed by atoms with Crippen molar-refractivity contribution in [3.05, 3.63) is 66.8 Å². The van der Waals surface area contributed by atoms with Crippen LogP contribution in [0.5, 0.6) is 0 Å². The van der Waals surface area contributed by atoms with Crippen LogP contribution in [-0.2, 0) is 7.05 Å². The molecule has 2 aromatic carbocycles. The number of nitrogens with zero attached hydrogens (tertiary/aromatic N) is 2. The molecule has 1 unspecified atom stereocenters. The molecule has 7 heteroatoms. The van der Waals surface area contributed by atoms with E-state index in [2.05, 4.69) is 5.32 Å². The molecule has 0 aliphatic heterocycles. The zero-order chi connectivity index (χ0) is 18.3. The van der Waals surface area contributed by atoms with E-state index < -0.39 is 17.0 Å². The average molecular weight is 341 g/mol. The van der Waals surface area contributed by atoms with E-state index in [9.17, 15) is 19.5 Å². The first-order valence-corrected chi connectivity index (χ1v) is 7.94. The van der Waals surface area contributed by atoms with Crippen LogP contribution >= 0.6 is 0 Å². The SMILES string of the molecule is Cc1c(-c2c(NCC(C)O)c(=O)c2=O)c(=O)n(-c2ccccc2)n1C. The van der Waals surface area contributed by atoms with Gasteiger partial charge in [0.2, 0.25) is 10.9 Å². The predicted molar refractivity (Wildman–Crippen MR) is 96.3 cm³/mol. The van der Waals surface area contributed by atoms with Crippen molar-refractivity contribution in [3.8, 4) is 16.8 Å². The van der Waals surface area contributed by atoms with E-state index in [0.717, 1.165) is 0 Å². The Kier molecular flexibility index (Phi) is 4.18. The highest BCUT2D eigenvalue weighted by molar-refractivity contribution is 5.83. The van der Waals surface area contributed by atoms with Gasteiger partial charge in [-0.1, -0.05) is 18.2 Å². The highest BCUT2D eigenvalue weighted by Gasteiger charge is 2.29. The van der Waals surface area contributed by atoms with Gasteiger partial charge in [-0.15, -0.1) is 0 Å². The number of rotatable bonds is 5. The minimum absolute atomic E-state index is 0.0944. The van der Waals surface area contributed by atoms with Crippen LogP contribution in [0.3, 0.4) is 0 Å². The van der Waals surface area contributed by atoms with Gasteiger partial charge in [-0.25, -0.2) is 4.68 Å². The van der Waals surface area contributed by atoms with Crippen LogP contribution in [-0.4, -0.2) is 27.1 Å². The average Bonchev–Trinajstić information content (AvgIpc) is 2.81. The second-order valence-electron chi connectivity index (χ2n) is 6.07. The Morgan fingerprint density at radius 1 is 1.08 bits per heavy atom. The van der Waals surface area contributed by atoms with Crippen molar-refractivity contribution < 1.29 is 5.11 Å². The molecule has 1 atom stereocenters. The minimum atomic E-state index is -0.685. The number of aliphatic hydroxyl groups is 1. The van der Waals surface area contributed by atoms with E-state index >= 15 is 0 Å². The van der Waals surface area contributed by atoms with Gasteiger partial charge in [0.05, 0.1) is 28.6 Å². The molecule has 1 aromatic heterocycles. The van der Waals surface area contributed by atoms with Crippen LogP contribution in [0, 0.1) is 6.92 Å². The van der Waals surface area contributed by atoms with Crippen molar-refractivity contribution in [1.29, 1.82) is 0 Å². The van der Waals surface area contributed by atoms with Crippen molar-refractivity contribution in [3.63, 3.8) is 0 Å². The molecule has 0 bridgehead atoms. The number of hydrogen-bond acceptors (Lipinski definition) is 5.